The molecule has 0 aliphatic carbocycles. The van der Waals surface area contributed by atoms with E-state index < -0.39 is 5.82 Å². The van der Waals surface area contributed by atoms with Gasteiger partial charge in [0.05, 0.1) is 56.0 Å². The zero-order chi connectivity index (χ0) is 46.4. The Bertz CT molecular complexity index is 2620. The van der Waals surface area contributed by atoms with Gasteiger partial charge in [0.15, 0.2) is 0 Å². The number of hydrogen-bond donors (Lipinski definition) is 4. The molecule has 0 bridgehead atoms. The molecule has 0 atom stereocenters. The number of rotatable bonds is 16. The lowest BCUT2D eigenvalue weighted by Crippen LogP contribution is -2.44. The third-order valence-electron chi connectivity index (χ3n) is 10.7. The molecule has 2 aliphatic rings. The first-order valence-corrected chi connectivity index (χ1v) is 22.0. The van der Waals surface area contributed by atoms with Gasteiger partial charge in [0.25, 0.3) is 0 Å². The third kappa shape index (κ3) is 12.9. The molecule has 0 saturated carbocycles. The van der Waals surface area contributed by atoms with E-state index in [9.17, 15) is 14.3 Å². The summed E-state index contributed by atoms with van der Waals surface area (Å²) in [6, 6.07) is 20.9. The number of aromatic nitrogens is 4. The number of piperazine rings is 1. The number of carbonyl (C=O) groups excluding carboxylic acids is 1. The smallest absolute Gasteiger partial charge is 0.247 e. The predicted molar refractivity (Wildman–Crippen MR) is 256 cm³/mol. The Morgan fingerprint density at radius 3 is 2.50 bits per heavy atom. The maximum Gasteiger partial charge on any atom is 0.247 e. The molecule has 6 aromatic rings. The van der Waals surface area contributed by atoms with Gasteiger partial charge in [-0.3, -0.25) is 9.69 Å². The molecule has 8 rings (SSSR count). The highest BCUT2D eigenvalue weighted by atomic mass is 35.5. The summed E-state index contributed by atoms with van der Waals surface area (Å²) in [7, 11) is 3.76. The van der Waals surface area contributed by atoms with Gasteiger partial charge in [-0.25, -0.2) is 19.3 Å². The van der Waals surface area contributed by atoms with Crippen molar-refractivity contribution < 1.29 is 33.2 Å². The molecule has 2 saturated heterocycles. The zero-order valence-electron chi connectivity index (χ0n) is 36.6. The van der Waals surface area contributed by atoms with Gasteiger partial charge in [-0.05, 0) is 74.1 Å². The number of hydrogen-bond acceptors (Lipinski definition) is 15. The number of morpholine rings is 1. The van der Waals surface area contributed by atoms with Crippen LogP contribution in [0.25, 0.3) is 10.9 Å². The molecule has 346 valence electrons. The van der Waals surface area contributed by atoms with Crippen LogP contribution in [0.2, 0.25) is 10.0 Å². The SMILES string of the molecule is C=CC(=O)Nc1cccc(Oc2nc(Nc3ccc(N4CCN(C)CC4)cc3OC)ncc2Cl)c1.OCc1cc2ncnc(Nc3ccc(F)c(Cl)c3)c2cc1OCCCN1CCOCC1. The predicted octanol–water partition coefficient (Wildman–Crippen LogP) is 8.31. The Labute approximate surface area is 392 Å². The fourth-order valence-corrected chi connectivity index (χ4v) is 7.39. The van der Waals surface area contributed by atoms with Gasteiger partial charge >= 0.3 is 0 Å². The molecule has 2 fully saturated rings. The lowest BCUT2D eigenvalue weighted by molar-refractivity contribution is -0.111. The molecule has 4 heterocycles. The molecule has 19 heteroatoms. The number of nitrogens with zero attached hydrogens (tertiary/aromatic N) is 7. The second kappa shape index (κ2) is 23.2. The first-order chi connectivity index (χ1) is 32.1. The molecule has 0 unspecified atom stereocenters. The number of amides is 1. The quantitative estimate of drug-likeness (QED) is 0.0539. The summed E-state index contributed by atoms with van der Waals surface area (Å²) < 4.78 is 36.3. The van der Waals surface area contributed by atoms with Gasteiger partial charge in [0.2, 0.25) is 17.7 Å². The van der Waals surface area contributed by atoms with E-state index >= 15 is 0 Å². The van der Waals surface area contributed by atoms with E-state index in [-0.39, 0.29) is 28.4 Å². The number of benzene rings is 4. The minimum atomic E-state index is -0.486. The summed E-state index contributed by atoms with van der Waals surface area (Å²) in [5.41, 5.74) is 4.30. The van der Waals surface area contributed by atoms with E-state index in [1.807, 2.05) is 24.3 Å². The standard InChI is InChI=1S/C25H27ClN6O3.C22H24ClFN4O3/c1-4-23(33)28-17-6-5-7-19(14-17)35-24-20(26)16-27-25(30-24)29-21-9-8-18(15-22(21)34-3)32-12-10-31(2)11-13-32;23-18-11-16(2-3-19(18)24)27-22-17-12-21(15(13-29)10-20(17)25-14-26-22)31-7-1-4-28-5-8-30-9-6-28/h4-9,14-16H,1,10-13H2,2-3H3,(H,28,33)(H,27,29,30);2-3,10-12,14,29H,1,4-9,13H2,(H,25,26,27). The van der Waals surface area contributed by atoms with Gasteiger partial charge in [-0.15, -0.1) is 0 Å². The number of aliphatic hydroxyl groups excluding tert-OH is 1. The van der Waals surface area contributed by atoms with Crippen LogP contribution in [0, 0.1) is 5.82 Å². The zero-order valence-corrected chi connectivity index (χ0v) is 38.1. The van der Waals surface area contributed by atoms with Crippen LogP contribution in [-0.2, 0) is 16.1 Å². The molecular weight excluding hydrogens is 890 g/mol. The number of ether oxygens (including phenoxy) is 4. The maximum absolute atomic E-state index is 13.5. The summed E-state index contributed by atoms with van der Waals surface area (Å²) in [6.07, 6.45) is 4.95. The molecular formula is C47H51Cl2FN10O6. The lowest BCUT2D eigenvalue weighted by atomic mass is 10.1. The Hall–Kier alpha value is -6.34. The van der Waals surface area contributed by atoms with Crippen molar-refractivity contribution >= 4 is 74.5 Å². The highest BCUT2D eigenvalue weighted by Crippen LogP contribution is 2.35. The van der Waals surface area contributed by atoms with E-state index in [4.69, 9.17) is 42.1 Å². The number of aliphatic hydroxyl groups is 1. The van der Waals surface area contributed by atoms with Crippen molar-refractivity contribution in [1.82, 2.24) is 29.7 Å². The van der Waals surface area contributed by atoms with Crippen LogP contribution < -0.4 is 35.1 Å². The average molecular weight is 942 g/mol. The Morgan fingerprint density at radius 1 is 0.924 bits per heavy atom. The minimum absolute atomic E-state index is 0.0234. The van der Waals surface area contributed by atoms with Gasteiger partial charge in [-0.1, -0.05) is 35.8 Å². The van der Waals surface area contributed by atoms with E-state index in [1.165, 1.54) is 30.7 Å². The summed E-state index contributed by atoms with van der Waals surface area (Å²) in [6.45, 7) is 12.2. The number of nitrogens with one attached hydrogen (secondary N) is 3. The second-order valence-corrected chi connectivity index (χ2v) is 16.1. The largest absolute Gasteiger partial charge is 0.494 e. The number of likely N-dealkylation sites (N-methyl/N-ethyl adjacent to an activating group) is 1. The summed E-state index contributed by atoms with van der Waals surface area (Å²) >= 11 is 12.2. The third-order valence-corrected chi connectivity index (χ3v) is 11.2. The van der Waals surface area contributed by atoms with Crippen molar-refractivity contribution in [2.75, 3.05) is 101 Å². The molecule has 4 N–H and O–H groups in total. The molecule has 0 spiro atoms. The van der Waals surface area contributed by atoms with Gasteiger partial charge in [-0.2, -0.15) is 4.98 Å². The fourth-order valence-electron chi connectivity index (χ4n) is 7.08. The van der Waals surface area contributed by atoms with Crippen LogP contribution in [-0.4, -0.2) is 121 Å². The van der Waals surface area contributed by atoms with E-state index in [0.29, 0.717) is 63.8 Å². The summed E-state index contributed by atoms with van der Waals surface area (Å²) in [5.74, 6) is 1.92. The highest BCUT2D eigenvalue weighted by Gasteiger charge is 2.18. The monoisotopic (exact) mass is 940 g/mol. The first-order valence-electron chi connectivity index (χ1n) is 21.2. The number of anilines is 6. The molecule has 0 radical (unpaired) electrons. The van der Waals surface area contributed by atoms with Gasteiger partial charge in [0, 0.05) is 86.0 Å². The van der Waals surface area contributed by atoms with Crippen LogP contribution in [0.1, 0.15) is 12.0 Å². The van der Waals surface area contributed by atoms with Crippen molar-refractivity contribution in [2.45, 2.75) is 13.0 Å². The van der Waals surface area contributed by atoms with Crippen molar-refractivity contribution in [3.05, 3.63) is 119 Å². The first kappa shape index (κ1) is 47.6. The minimum Gasteiger partial charge on any atom is -0.494 e. The molecule has 2 aromatic heterocycles. The second-order valence-electron chi connectivity index (χ2n) is 15.2. The fraction of sp³-hybridized carbons (Fsp3) is 0.298. The molecule has 1 amide bonds. The molecule has 2 aliphatic heterocycles. The number of halogens is 3. The normalized spacial score (nSPS) is 14.2. The van der Waals surface area contributed by atoms with Crippen LogP contribution in [0.5, 0.6) is 23.1 Å². The van der Waals surface area contributed by atoms with Crippen LogP contribution in [0.3, 0.4) is 0 Å². The highest BCUT2D eigenvalue weighted by molar-refractivity contribution is 6.31. The maximum atomic E-state index is 13.5. The Morgan fingerprint density at radius 2 is 1.74 bits per heavy atom. The topological polar surface area (TPSA) is 172 Å². The number of carbonyl (C=O) groups is 1. The van der Waals surface area contributed by atoms with Crippen LogP contribution in [0.4, 0.5) is 38.9 Å². The van der Waals surface area contributed by atoms with Crippen LogP contribution in [0.15, 0.2) is 98.0 Å². The number of methoxy groups -OCH3 is 1. The van der Waals surface area contributed by atoms with Crippen LogP contribution >= 0.6 is 23.2 Å². The molecule has 4 aromatic carbocycles. The Kier molecular flexibility index (Phi) is 16.7. The number of fused-ring (bicyclic) bond motifs is 1. The van der Waals surface area contributed by atoms with Crippen molar-refractivity contribution in [1.29, 1.82) is 0 Å². The summed E-state index contributed by atoms with van der Waals surface area (Å²) in [5, 5.41) is 19.8. The average Bonchev–Trinajstić information content (AvgIpc) is 3.33. The van der Waals surface area contributed by atoms with Gasteiger partial charge in [0.1, 0.15) is 40.2 Å². The van der Waals surface area contributed by atoms with Crippen molar-refractivity contribution in [3.63, 3.8) is 0 Å². The van der Waals surface area contributed by atoms with Crippen molar-refractivity contribution in [2.24, 2.45) is 0 Å². The van der Waals surface area contributed by atoms with Crippen molar-refractivity contribution in [3.8, 4) is 23.1 Å². The van der Waals surface area contributed by atoms with E-state index in [2.05, 4.69) is 64.2 Å². The molecule has 16 nitrogen and oxygen atoms in total. The van der Waals surface area contributed by atoms with Gasteiger partial charge < -0.3 is 49.8 Å². The van der Waals surface area contributed by atoms with E-state index in [0.717, 1.165) is 76.5 Å². The van der Waals surface area contributed by atoms with E-state index in [1.54, 1.807) is 43.5 Å². The lowest BCUT2D eigenvalue weighted by Gasteiger charge is -2.34. The summed E-state index contributed by atoms with van der Waals surface area (Å²) in [4.78, 5) is 35.9. The Balaban J connectivity index is 0.000000198. The molecule has 66 heavy (non-hydrogen) atoms.